The van der Waals surface area contributed by atoms with Crippen LogP contribution in [0.2, 0.25) is 0 Å². The van der Waals surface area contributed by atoms with Crippen molar-refractivity contribution in [1.82, 2.24) is 35.9 Å². The van der Waals surface area contributed by atoms with Crippen LogP contribution in [0.25, 0.3) is 0 Å². The molecule has 14 nitrogen and oxygen atoms in total. The number of hydrogen-bond acceptors (Lipinski definition) is 10. The summed E-state index contributed by atoms with van der Waals surface area (Å²) in [5.41, 5.74) is 10.4. The van der Waals surface area contributed by atoms with Gasteiger partial charge in [-0.05, 0) is 43.4 Å². The second-order valence-electron chi connectivity index (χ2n) is 8.47. The molecule has 0 aliphatic heterocycles. The fraction of sp³-hybridized carbons (Fsp3) is 0.364. The van der Waals surface area contributed by atoms with Gasteiger partial charge in [0, 0.05) is 12.0 Å². The summed E-state index contributed by atoms with van der Waals surface area (Å²) < 4.78 is 40.0. The summed E-state index contributed by atoms with van der Waals surface area (Å²) in [5.74, 6) is -5.84. The van der Waals surface area contributed by atoms with E-state index in [0.717, 1.165) is 0 Å². The highest BCUT2D eigenvalue weighted by Gasteiger charge is 2.43. The van der Waals surface area contributed by atoms with E-state index in [-0.39, 0.29) is 66.4 Å². The zero-order valence-corrected chi connectivity index (χ0v) is 20.2. The number of nitrogens with one attached hydrogen (secondary N) is 3. The monoisotopic (exact) mass is 551 g/mol. The SMILES string of the molecule is Nc1nc(N)c(CCCC(C(=O)C(F)(F)F)c2ccc(C(=O)NC(CCc3nn[nH]n3)C(=O)O)cc2)c(=O)[nH]1. The van der Waals surface area contributed by atoms with Crippen molar-refractivity contribution in [1.29, 1.82) is 0 Å². The number of anilines is 2. The van der Waals surface area contributed by atoms with Crippen LogP contribution in [0.5, 0.6) is 0 Å². The summed E-state index contributed by atoms with van der Waals surface area (Å²) in [7, 11) is 0. The fourth-order valence-corrected chi connectivity index (χ4v) is 3.83. The zero-order chi connectivity index (χ0) is 28.7. The van der Waals surface area contributed by atoms with Gasteiger partial charge in [-0.3, -0.25) is 19.4 Å². The lowest BCUT2D eigenvalue weighted by Gasteiger charge is -2.19. The first-order chi connectivity index (χ1) is 18.4. The van der Waals surface area contributed by atoms with Crippen molar-refractivity contribution in [2.24, 2.45) is 0 Å². The molecule has 208 valence electrons. The van der Waals surface area contributed by atoms with E-state index in [0.29, 0.717) is 0 Å². The third kappa shape index (κ3) is 7.59. The molecule has 39 heavy (non-hydrogen) atoms. The number of carbonyl (C=O) groups is 3. The molecule has 0 bridgehead atoms. The quantitative estimate of drug-likeness (QED) is 0.181. The predicted octanol–water partition coefficient (Wildman–Crippen LogP) is 0.501. The Bertz CT molecular complexity index is 1380. The number of carboxylic acids is 1. The number of tetrazole rings is 1. The molecule has 1 aromatic carbocycles. The predicted molar refractivity (Wildman–Crippen MR) is 128 cm³/mol. The molecule has 0 saturated carbocycles. The van der Waals surface area contributed by atoms with E-state index >= 15 is 0 Å². The molecular weight excluding hydrogens is 527 g/mol. The number of Topliss-reactive ketones (excluding diaryl/α,β-unsaturated/α-hetero) is 1. The number of halogens is 3. The van der Waals surface area contributed by atoms with E-state index in [1.54, 1.807) is 0 Å². The summed E-state index contributed by atoms with van der Waals surface area (Å²) in [6, 6.07) is 3.45. The Morgan fingerprint density at radius 3 is 2.33 bits per heavy atom. The summed E-state index contributed by atoms with van der Waals surface area (Å²) in [6.07, 6.45) is -5.43. The molecular formula is C22H24F3N9O5. The lowest BCUT2D eigenvalue weighted by Crippen LogP contribution is -2.41. The minimum atomic E-state index is -5.13. The number of hydrogen-bond donors (Lipinski definition) is 6. The normalized spacial score (nSPS) is 13.0. The van der Waals surface area contributed by atoms with Crippen molar-refractivity contribution in [3.63, 3.8) is 0 Å². The Hall–Kier alpha value is -4.83. The molecule has 2 aromatic heterocycles. The van der Waals surface area contributed by atoms with Crippen LogP contribution in [0.1, 0.15) is 52.5 Å². The fourth-order valence-electron chi connectivity index (χ4n) is 3.83. The number of aromatic amines is 2. The average molecular weight is 551 g/mol. The third-order valence-corrected chi connectivity index (χ3v) is 5.81. The highest BCUT2D eigenvalue weighted by atomic mass is 19.4. The number of alkyl halides is 3. The highest BCUT2D eigenvalue weighted by molar-refractivity contribution is 5.97. The van der Waals surface area contributed by atoms with Gasteiger partial charge in [-0.1, -0.05) is 17.3 Å². The minimum absolute atomic E-state index is 0.0157. The number of nitrogens with two attached hydrogens (primary N) is 2. The Kier molecular flexibility index (Phi) is 8.95. The van der Waals surface area contributed by atoms with Crippen molar-refractivity contribution in [2.75, 3.05) is 11.5 Å². The number of H-pyrrole nitrogens is 2. The first-order valence-electron chi connectivity index (χ1n) is 11.5. The highest BCUT2D eigenvalue weighted by Crippen LogP contribution is 2.32. The van der Waals surface area contributed by atoms with Gasteiger partial charge in [0.25, 0.3) is 11.5 Å². The molecule has 2 atom stereocenters. The molecule has 0 spiro atoms. The van der Waals surface area contributed by atoms with E-state index in [9.17, 15) is 37.5 Å². The Balaban J connectivity index is 1.71. The summed E-state index contributed by atoms with van der Waals surface area (Å²) in [6.45, 7) is 0. The van der Waals surface area contributed by atoms with Gasteiger partial charge in [0.05, 0.1) is 11.5 Å². The van der Waals surface area contributed by atoms with Gasteiger partial charge in [0.2, 0.25) is 11.7 Å². The van der Waals surface area contributed by atoms with Crippen molar-refractivity contribution < 1.29 is 32.7 Å². The Morgan fingerprint density at radius 2 is 1.77 bits per heavy atom. The maximum Gasteiger partial charge on any atom is 0.450 e. The van der Waals surface area contributed by atoms with Crippen LogP contribution < -0.4 is 22.3 Å². The van der Waals surface area contributed by atoms with Crippen molar-refractivity contribution in [3.05, 3.63) is 57.1 Å². The molecule has 8 N–H and O–H groups in total. The first kappa shape index (κ1) is 28.7. The maximum absolute atomic E-state index is 13.3. The van der Waals surface area contributed by atoms with E-state index < -0.39 is 41.4 Å². The Labute approximate surface area is 217 Å². The molecule has 17 heteroatoms. The van der Waals surface area contributed by atoms with Gasteiger partial charge in [0.1, 0.15) is 11.9 Å². The first-order valence-corrected chi connectivity index (χ1v) is 11.5. The number of nitrogens with zero attached hydrogens (tertiary/aromatic N) is 4. The van der Waals surface area contributed by atoms with Gasteiger partial charge >= 0.3 is 12.1 Å². The molecule has 3 rings (SSSR count). The van der Waals surface area contributed by atoms with Crippen LogP contribution >= 0.6 is 0 Å². The van der Waals surface area contributed by atoms with E-state index in [1.807, 2.05) is 0 Å². The number of carboxylic acid groups (broad SMARTS) is 1. The molecule has 0 aliphatic carbocycles. The van der Waals surface area contributed by atoms with E-state index in [1.165, 1.54) is 24.3 Å². The van der Waals surface area contributed by atoms with Crippen LogP contribution in [0, 0.1) is 0 Å². The van der Waals surface area contributed by atoms with Crippen LogP contribution in [-0.2, 0) is 22.4 Å². The molecule has 2 unspecified atom stereocenters. The average Bonchev–Trinajstić information content (AvgIpc) is 3.38. The molecule has 0 fully saturated rings. The zero-order valence-electron chi connectivity index (χ0n) is 20.2. The largest absolute Gasteiger partial charge is 0.480 e. The lowest BCUT2D eigenvalue weighted by atomic mass is 9.88. The van der Waals surface area contributed by atoms with E-state index in [2.05, 4.69) is 35.9 Å². The van der Waals surface area contributed by atoms with Gasteiger partial charge in [-0.2, -0.15) is 23.4 Å². The van der Waals surface area contributed by atoms with Crippen LogP contribution in [0.3, 0.4) is 0 Å². The summed E-state index contributed by atoms with van der Waals surface area (Å²) >= 11 is 0. The second kappa shape index (κ2) is 12.1. The van der Waals surface area contributed by atoms with Crippen LogP contribution in [0.15, 0.2) is 29.1 Å². The number of nitrogen functional groups attached to an aromatic ring is 2. The van der Waals surface area contributed by atoms with Crippen molar-refractivity contribution >= 4 is 29.4 Å². The number of aliphatic carboxylic acids is 1. The maximum atomic E-state index is 13.3. The minimum Gasteiger partial charge on any atom is -0.480 e. The van der Waals surface area contributed by atoms with Crippen molar-refractivity contribution in [2.45, 2.75) is 50.2 Å². The molecule has 3 aromatic rings. The summed E-state index contributed by atoms with van der Waals surface area (Å²) in [5, 5.41) is 24.7. The standard InChI is InChI=1S/C22H24F3N9O5/c23-22(24,25)16(35)12(2-1-3-13-17(26)29-21(27)30-19(13)37)10-4-6-11(7-5-10)18(36)28-14(20(38)39)8-9-15-31-33-34-32-15/h4-7,12,14H,1-3,8-9H2,(H,28,36)(H,38,39)(H,31,32,33,34)(H5,26,27,29,30,37). The van der Waals surface area contributed by atoms with Crippen LogP contribution in [-0.4, -0.2) is 65.6 Å². The number of amides is 1. The lowest BCUT2D eigenvalue weighted by molar-refractivity contribution is -0.173. The topological polar surface area (TPSA) is 236 Å². The molecule has 0 radical (unpaired) electrons. The Morgan fingerprint density at radius 1 is 1.08 bits per heavy atom. The second-order valence-corrected chi connectivity index (χ2v) is 8.47. The van der Waals surface area contributed by atoms with Gasteiger partial charge in [-0.25, -0.2) is 4.79 Å². The smallest absolute Gasteiger partial charge is 0.450 e. The molecule has 0 aliphatic rings. The number of aryl methyl sites for hydroxylation is 1. The van der Waals surface area contributed by atoms with Crippen LogP contribution in [0.4, 0.5) is 24.9 Å². The summed E-state index contributed by atoms with van der Waals surface area (Å²) in [4.78, 5) is 54.3. The van der Waals surface area contributed by atoms with Gasteiger partial charge in [0.15, 0.2) is 5.82 Å². The molecule has 1 amide bonds. The number of rotatable bonds is 12. The number of aromatic nitrogens is 6. The number of benzene rings is 1. The van der Waals surface area contributed by atoms with Gasteiger partial charge < -0.3 is 21.9 Å². The van der Waals surface area contributed by atoms with Crippen molar-refractivity contribution in [3.8, 4) is 0 Å². The third-order valence-electron chi connectivity index (χ3n) is 5.81. The van der Waals surface area contributed by atoms with Gasteiger partial charge in [-0.15, -0.1) is 10.2 Å². The number of carbonyl (C=O) groups excluding carboxylic acids is 2. The van der Waals surface area contributed by atoms with E-state index in [4.69, 9.17) is 11.5 Å². The molecule has 2 heterocycles. The molecule has 0 saturated heterocycles. The number of ketones is 1.